The molecule has 0 aromatic carbocycles. The Morgan fingerprint density at radius 1 is 1.08 bits per heavy atom. The van der Waals surface area contributed by atoms with Crippen LogP contribution in [0.5, 0.6) is 0 Å². The van der Waals surface area contributed by atoms with Gasteiger partial charge in [0.1, 0.15) is 6.29 Å². The summed E-state index contributed by atoms with van der Waals surface area (Å²) in [6.07, 6.45) is 7.77. The SMILES string of the molecule is CC[Si](CC)(CC)OC[C@H](C=O)[C@H]1C=C[C@H](O[Si](C)(C)C(C)(C)C)CC1. The van der Waals surface area contributed by atoms with Crippen LogP contribution in [0.3, 0.4) is 0 Å². The average Bonchev–Trinajstić information content (AvgIpc) is 2.59. The molecular formula is C21H42O3Si2. The van der Waals surface area contributed by atoms with E-state index in [2.05, 4.69) is 66.8 Å². The van der Waals surface area contributed by atoms with Gasteiger partial charge in [-0.25, -0.2) is 0 Å². The van der Waals surface area contributed by atoms with Gasteiger partial charge in [0.15, 0.2) is 16.6 Å². The molecule has 3 nitrogen and oxygen atoms in total. The Morgan fingerprint density at radius 2 is 1.65 bits per heavy atom. The van der Waals surface area contributed by atoms with Gasteiger partial charge in [0.25, 0.3) is 0 Å². The summed E-state index contributed by atoms with van der Waals surface area (Å²) in [5.41, 5.74) is 0. The number of hydrogen-bond acceptors (Lipinski definition) is 3. The van der Waals surface area contributed by atoms with Crippen LogP contribution in [0.15, 0.2) is 12.2 Å². The van der Waals surface area contributed by atoms with E-state index in [4.69, 9.17) is 8.85 Å². The summed E-state index contributed by atoms with van der Waals surface area (Å²) in [5.74, 6) is 0.278. The second-order valence-electron chi connectivity index (χ2n) is 9.40. The Bertz CT molecular complexity index is 456. The molecule has 0 aliphatic heterocycles. The molecule has 0 N–H and O–H groups in total. The number of allylic oxidation sites excluding steroid dienone is 1. The molecule has 0 fully saturated rings. The second-order valence-corrected chi connectivity index (χ2v) is 18.9. The maximum Gasteiger partial charge on any atom is 0.192 e. The Labute approximate surface area is 164 Å². The van der Waals surface area contributed by atoms with Crippen molar-refractivity contribution < 1.29 is 13.6 Å². The zero-order valence-corrected chi connectivity index (χ0v) is 20.4. The van der Waals surface area contributed by atoms with E-state index in [-0.39, 0.29) is 17.1 Å². The highest BCUT2D eigenvalue weighted by atomic mass is 28.4. The highest BCUT2D eigenvalue weighted by molar-refractivity contribution is 6.74. The summed E-state index contributed by atoms with van der Waals surface area (Å²) in [6.45, 7) is 18.7. The molecule has 1 aliphatic rings. The lowest BCUT2D eigenvalue weighted by Gasteiger charge is -2.40. The smallest absolute Gasteiger partial charge is 0.192 e. The Kier molecular flexibility index (Phi) is 8.98. The van der Waals surface area contributed by atoms with Crippen molar-refractivity contribution in [1.82, 2.24) is 0 Å². The van der Waals surface area contributed by atoms with Crippen molar-refractivity contribution in [3.63, 3.8) is 0 Å². The van der Waals surface area contributed by atoms with Gasteiger partial charge >= 0.3 is 0 Å². The molecule has 1 rings (SSSR count). The van der Waals surface area contributed by atoms with Gasteiger partial charge in [0.05, 0.1) is 6.10 Å². The topological polar surface area (TPSA) is 35.5 Å². The zero-order chi connectivity index (χ0) is 20.0. The third-order valence-electron chi connectivity index (χ3n) is 6.85. The van der Waals surface area contributed by atoms with Crippen LogP contribution in [0.4, 0.5) is 0 Å². The number of aldehydes is 1. The highest BCUT2D eigenvalue weighted by Gasteiger charge is 2.39. The van der Waals surface area contributed by atoms with Gasteiger partial charge in [-0.2, -0.15) is 0 Å². The van der Waals surface area contributed by atoms with Gasteiger partial charge in [-0.1, -0.05) is 53.7 Å². The van der Waals surface area contributed by atoms with Crippen molar-refractivity contribution in [2.45, 2.75) is 96.8 Å². The van der Waals surface area contributed by atoms with Crippen molar-refractivity contribution >= 4 is 22.9 Å². The van der Waals surface area contributed by atoms with Gasteiger partial charge in [0.2, 0.25) is 0 Å². The van der Waals surface area contributed by atoms with Crippen molar-refractivity contribution in [2.75, 3.05) is 6.61 Å². The van der Waals surface area contributed by atoms with Gasteiger partial charge in [-0.3, -0.25) is 0 Å². The van der Waals surface area contributed by atoms with Gasteiger partial charge in [-0.15, -0.1) is 0 Å². The van der Waals surface area contributed by atoms with E-state index in [1.54, 1.807) is 0 Å². The van der Waals surface area contributed by atoms with Crippen LogP contribution in [-0.4, -0.2) is 35.6 Å². The molecule has 0 saturated heterocycles. The molecule has 0 spiro atoms. The van der Waals surface area contributed by atoms with Crippen LogP contribution in [0.2, 0.25) is 36.3 Å². The first-order valence-corrected chi connectivity index (χ1v) is 15.9. The van der Waals surface area contributed by atoms with Crippen LogP contribution in [-0.2, 0) is 13.6 Å². The fourth-order valence-corrected chi connectivity index (χ4v) is 7.38. The molecule has 0 aromatic rings. The van der Waals surface area contributed by atoms with E-state index in [0.717, 1.165) is 37.3 Å². The number of carbonyl (C=O) groups is 1. The molecule has 0 amide bonds. The predicted molar refractivity (Wildman–Crippen MR) is 117 cm³/mol. The summed E-state index contributed by atoms with van der Waals surface area (Å²) < 4.78 is 12.9. The fourth-order valence-electron chi connectivity index (χ4n) is 3.42. The largest absolute Gasteiger partial charge is 0.416 e. The van der Waals surface area contributed by atoms with Crippen molar-refractivity contribution in [2.24, 2.45) is 11.8 Å². The van der Waals surface area contributed by atoms with Crippen LogP contribution in [0, 0.1) is 11.8 Å². The van der Waals surface area contributed by atoms with Gasteiger partial charge in [-0.05, 0) is 55.0 Å². The van der Waals surface area contributed by atoms with Crippen LogP contribution in [0.25, 0.3) is 0 Å². The third kappa shape index (κ3) is 6.15. The molecule has 0 heterocycles. The van der Waals surface area contributed by atoms with Crippen LogP contribution in [0.1, 0.15) is 54.4 Å². The standard InChI is InChI=1S/C21H42O3Si2/c1-9-26(10-2,11-3)23-17-19(16-22)18-12-14-20(15-13-18)24-25(7,8)21(4,5)6/h12,14,16,18-20H,9-11,13,15,17H2,1-8H3/t18-,19-,20-/m0/s1. The lowest BCUT2D eigenvalue weighted by Crippen LogP contribution is -2.44. The third-order valence-corrected chi connectivity index (χ3v) is 16.0. The normalized spacial score (nSPS) is 23.1. The van der Waals surface area contributed by atoms with E-state index >= 15 is 0 Å². The molecule has 152 valence electrons. The molecule has 3 atom stereocenters. The summed E-state index contributed by atoms with van der Waals surface area (Å²) in [4.78, 5) is 11.7. The van der Waals surface area contributed by atoms with E-state index in [0.29, 0.717) is 12.5 Å². The lowest BCUT2D eigenvalue weighted by atomic mass is 9.85. The minimum absolute atomic E-state index is 0.0170. The average molecular weight is 399 g/mol. The molecular weight excluding hydrogens is 356 g/mol. The zero-order valence-electron chi connectivity index (χ0n) is 18.4. The van der Waals surface area contributed by atoms with Crippen molar-refractivity contribution in [3.05, 3.63) is 12.2 Å². The Balaban J connectivity index is 2.67. The molecule has 0 aromatic heterocycles. The number of rotatable bonds is 10. The minimum atomic E-state index is -1.74. The number of carbonyl (C=O) groups excluding carboxylic acids is 1. The Hall–Kier alpha value is -0.236. The first-order chi connectivity index (χ1) is 12.0. The van der Waals surface area contributed by atoms with Crippen molar-refractivity contribution in [1.29, 1.82) is 0 Å². The van der Waals surface area contributed by atoms with Crippen LogP contribution >= 0.6 is 0 Å². The second kappa shape index (κ2) is 9.81. The van der Waals surface area contributed by atoms with E-state index in [9.17, 15) is 4.79 Å². The lowest BCUT2D eigenvalue weighted by molar-refractivity contribution is -0.113. The molecule has 0 unspecified atom stereocenters. The van der Waals surface area contributed by atoms with Crippen molar-refractivity contribution in [3.8, 4) is 0 Å². The molecule has 0 bridgehead atoms. The maximum absolute atomic E-state index is 11.7. The first kappa shape index (κ1) is 23.8. The van der Waals surface area contributed by atoms with Crippen LogP contribution < -0.4 is 0 Å². The summed E-state index contributed by atoms with van der Waals surface area (Å²) >= 11 is 0. The Morgan fingerprint density at radius 3 is 2.04 bits per heavy atom. The van der Waals surface area contributed by atoms with E-state index in [1.165, 1.54) is 0 Å². The first-order valence-electron chi connectivity index (χ1n) is 10.5. The van der Waals surface area contributed by atoms with E-state index < -0.39 is 16.6 Å². The fraction of sp³-hybridized carbons (Fsp3) is 0.857. The quantitative estimate of drug-likeness (QED) is 0.250. The number of hydrogen-bond donors (Lipinski definition) is 0. The molecule has 0 radical (unpaired) electrons. The molecule has 1 aliphatic carbocycles. The summed E-state index contributed by atoms with van der Waals surface area (Å²) in [5, 5.41) is 0.227. The van der Waals surface area contributed by atoms with Gasteiger partial charge < -0.3 is 13.6 Å². The highest BCUT2D eigenvalue weighted by Crippen LogP contribution is 2.39. The molecule has 26 heavy (non-hydrogen) atoms. The molecule has 0 saturated carbocycles. The molecule has 5 heteroatoms. The monoisotopic (exact) mass is 398 g/mol. The maximum atomic E-state index is 11.7. The summed E-state index contributed by atoms with van der Waals surface area (Å²) in [7, 11) is -3.37. The minimum Gasteiger partial charge on any atom is -0.416 e. The summed E-state index contributed by atoms with van der Waals surface area (Å²) in [6, 6.07) is 3.40. The van der Waals surface area contributed by atoms with E-state index in [1.807, 2.05) is 0 Å². The predicted octanol–water partition coefficient (Wildman–Crippen LogP) is 6.18. The van der Waals surface area contributed by atoms with Gasteiger partial charge in [0, 0.05) is 12.5 Å².